The minimum atomic E-state index is -1.09. The van der Waals surface area contributed by atoms with Gasteiger partial charge < -0.3 is 15.2 Å². The van der Waals surface area contributed by atoms with E-state index in [-0.39, 0.29) is 12.5 Å². The molecule has 0 aliphatic carbocycles. The molecule has 1 rings (SSSR count). The van der Waals surface area contributed by atoms with Gasteiger partial charge >= 0.3 is 5.97 Å². The Labute approximate surface area is 106 Å². The van der Waals surface area contributed by atoms with Crippen LogP contribution in [0.2, 0.25) is 0 Å². The molecule has 0 heterocycles. The summed E-state index contributed by atoms with van der Waals surface area (Å²) in [6.07, 6.45) is 0. The summed E-state index contributed by atoms with van der Waals surface area (Å²) in [6.45, 7) is 3.44. The number of benzene rings is 1. The van der Waals surface area contributed by atoms with Crippen LogP contribution in [0.25, 0.3) is 0 Å². The number of nitrogens with one attached hydrogen (secondary N) is 1. The molecule has 5 heteroatoms. The first-order chi connectivity index (χ1) is 8.49. The summed E-state index contributed by atoms with van der Waals surface area (Å²) in [7, 11) is 0. The van der Waals surface area contributed by atoms with Crippen LogP contribution < -0.4 is 5.32 Å². The third-order valence-corrected chi connectivity index (χ3v) is 2.32. The topological polar surface area (TPSA) is 75.6 Å². The Bertz CT molecular complexity index is 412. The lowest BCUT2D eigenvalue weighted by molar-refractivity contribution is -0.143. The fraction of sp³-hybridized carbons (Fsp3) is 0.385. The van der Waals surface area contributed by atoms with E-state index in [2.05, 4.69) is 23.9 Å². The maximum Gasteiger partial charge on any atom is 0.329 e. The maximum atomic E-state index is 11.4. The smallest absolute Gasteiger partial charge is 0.329 e. The van der Waals surface area contributed by atoms with Crippen LogP contribution in [-0.2, 0) is 14.3 Å². The first-order valence-corrected chi connectivity index (χ1v) is 5.68. The van der Waals surface area contributed by atoms with E-state index in [4.69, 9.17) is 5.11 Å². The molecule has 5 nitrogen and oxygen atoms in total. The largest absolute Gasteiger partial charge is 0.480 e. The number of anilines is 1. The van der Waals surface area contributed by atoms with Gasteiger partial charge in [0.25, 0.3) is 0 Å². The van der Waals surface area contributed by atoms with Crippen LogP contribution in [0.4, 0.5) is 5.69 Å². The highest BCUT2D eigenvalue weighted by Gasteiger charge is 2.05. The predicted octanol–water partition coefficient (Wildman–Crippen LogP) is 1.85. The Morgan fingerprint density at radius 2 is 1.83 bits per heavy atom. The SMILES string of the molecule is CC(C)c1ccc(NC(=O)COCC(=O)O)cc1. The number of aliphatic carboxylic acids is 1. The summed E-state index contributed by atoms with van der Waals surface area (Å²) in [5.74, 6) is -1.02. The fourth-order valence-electron chi connectivity index (χ4n) is 1.38. The van der Waals surface area contributed by atoms with Crippen molar-refractivity contribution in [2.45, 2.75) is 19.8 Å². The van der Waals surface area contributed by atoms with Gasteiger partial charge in [-0.15, -0.1) is 0 Å². The van der Waals surface area contributed by atoms with Crippen LogP contribution >= 0.6 is 0 Å². The van der Waals surface area contributed by atoms with Crippen LogP contribution in [-0.4, -0.2) is 30.2 Å². The molecule has 98 valence electrons. The molecular formula is C13H17NO4. The second-order valence-corrected chi connectivity index (χ2v) is 4.21. The number of hydrogen-bond acceptors (Lipinski definition) is 3. The Morgan fingerprint density at radius 1 is 1.22 bits per heavy atom. The number of amides is 1. The normalized spacial score (nSPS) is 10.4. The van der Waals surface area contributed by atoms with Crippen LogP contribution in [0.5, 0.6) is 0 Å². The molecule has 1 aromatic rings. The number of ether oxygens (including phenoxy) is 1. The van der Waals surface area contributed by atoms with Gasteiger partial charge in [0.15, 0.2) is 0 Å². The molecule has 1 aromatic carbocycles. The van der Waals surface area contributed by atoms with Crippen molar-refractivity contribution in [2.75, 3.05) is 18.5 Å². The third kappa shape index (κ3) is 4.97. The van der Waals surface area contributed by atoms with Gasteiger partial charge in [-0.05, 0) is 23.6 Å². The van der Waals surface area contributed by atoms with Crippen LogP contribution in [0.1, 0.15) is 25.3 Å². The number of rotatable bonds is 6. The van der Waals surface area contributed by atoms with Crippen molar-refractivity contribution in [3.63, 3.8) is 0 Å². The molecule has 0 saturated heterocycles. The highest BCUT2D eigenvalue weighted by molar-refractivity contribution is 5.91. The lowest BCUT2D eigenvalue weighted by Crippen LogP contribution is -2.20. The summed E-state index contributed by atoms with van der Waals surface area (Å²) in [5, 5.41) is 11.0. The third-order valence-electron chi connectivity index (χ3n) is 2.32. The van der Waals surface area contributed by atoms with Gasteiger partial charge in [0.2, 0.25) is 5.91 Å². The minimum Gasteiger partial charge on any atom is -0.480 e. The number of carbonyl (C=O) groups excluding carboxylic acids is 1. The van der Waals surface area contributed by atoms with Gasteiger partial charge in [-0.1, -0.05) is 26.0 Å². The summed E-state index contributed by atoms with van der Waals surface area (Å²) < 4.78 is 4.68. The molecule has 0 aromatic heterocycles. The summed E-state index contributed by atoms with van der Waals surface area (Å²) in [4.78, 5) is 21.6. The van der Waals surface area contributed by atoms with E-state index in [9.17, 15) is 9.59 Å². The average molecular weight is 251 g/mol. The van der Waals surface area contributed by atoms with Crippen molar-refractivity contribution < 1.29 is 19.4 Å². The van der Waals surface area contributed by atoms with E-state index < -0.39 is 12.6 Å². The molecule has 0 fully saturated rings. The van der Waals surface area contributed by atoms with Crippen molar-refractivity contribution >= 4 is 17.6 Å². The van der Waals surface area contributed by atoms with Crippen molar-refractivity contribution in [3.05, 3.63) is 29.8 Å². The van der Waals surface area contributed by atoms with Crippen molar-refractivity contribution in [1.82, 2.24) is 0 Å². The van der Waals surface area contributed by atoms with E-state index in [1.165, 1.54) is 5.56 Å². The molecule has 0 aliphatic rings. The Hall–Kier alpha value is -1.88. The molecule has 0 aliphatic heterocycles. The maximum absolute atomic E-state index is 11.4. The molecule has 18 heavy (non-hydrogen) atoms. The van der Waals surface area contributed by atoms with Crippen LogP contribution in [0.3, 0.4) is 0 Å². The van der Waals surface area contributed by atoms with E-state index >= 15 is 0 Å². The van der Waals surface area contributed by atoms with E-state index in [1.54, 1.807) is 0 Å². The van der Waals surface area contributed by atoms with E-state index in [0.717, 1.165) is 0 Å². The first kappa shape index (κ1) is 14.2. The van der Waals surface area contributed by atoms with Crippen molar-refractivity contribution in [2.24, 2.45) is 0 Å². The second-order valence-electron chi connectivity index (χ2n) is 4.21. The van der Waals surface area contributed by atoms with Gasteiger partial charge in [0.1, 0.15) is 13.2 Å². The molecule has 1 amide bonds. The Kier molecular flexibility index (Phi) is 5.32. The summed E-state index contributed by atoms with van der Waals surface area (Å²) in [6, 6.07) is 7.51. The molecule has 2 N–H and O–H groups in total. The van der Waals surface area contributed by atoms with Crippen molar-refractivity contribution in [3.8, 4) is 0 Å². The standard InChI is InChI=1S/C13H17NO4/c1-9(2)10-3-5-11(6-4-10)14-12(15)7-18-8-13(16)17/h3-6,9H,7-8H2,1-2H3,(H,14,15)(H,16,17). The highest BCUT2D eigenvalue weighted by atomic mass is 16.5. The van der Waals surface area contributed by atoms with E-state index in [1.807, 2.05) is 24.3 Å². The molecule has 0 unspecified atom stereocenters. The molecule has 0 bridgehead atoms. The number of hydrogen-bond donors (Lipinski definition) is 2. The monoisotopic (exact) mass is 251 g/mol. The average Bonchev–Trinajstić information content (AvgIpc) is 2.29. The van der Waals surface area contributed by atoms with Gasteiger partial charge in [0, 0.05) is 5.69 Å². The lowest BCUT2D eigenvalue weighted by Gasteiger charge is -2.08. The van der Waals surface area contributed by atoms with Gasteiger partial charge in [-0.2, -0.15) is 0 Å². The number of carbonyl (C=O) groups is 2. The lowest BCUT2D eigenvalue weighted by atomic mass is 10.0. The molecular weight excluding hydrogens is 234 g/mol. The zero-order valence-electron chi connectivity index (χ0n) is 10.5. The summed E-state index contributed by atoms with van der Waals surface area (Å²) >= 11 is 0. The van der Waals surface area contributed by atoms with E-state index in [0.29, 0.717) is 11.6 Å². The minimum absolute atomic E-state index is 0.266. The highest BCUT2D eigenvalue weighted by Crippen LogP contribution is 2.16. The molecule has 0 saturated carbocycles. The van der Waals surface area contributed by atoms with Crippen LogP contribution in [0, 0.1) is 0 Å². The zero-order valence-corrected chi connectivity index (χ0v) is 10.5. The van der Waals surface area contributed by atoms with Gasteiger partial charge in [0.05, 0.1) is 0 Å². The van der Waals surface area contributed by atoms with Crippen LogP contribution in [0.15, 0.2) is 24.3 Å². The predicted molar refractivity (Wildman–Crippen MR) is 67.6 cm³/mol. The number of carboxylic acid groups (broad SMARTS) is 1. The molecule has 0 atom stereocenters. The molecule has 0 radical (unpaired) electrons. The van der Waals surface area contributed by atoms with Gasteiger partial charge in [-0.25, -0.2) is 4.79 Å². The Balaban J connectivity index is 2.42. The fourth-order valence-corrected chi connectivity index (χ4v) is 1.38. The quantitative estimate of drug-likeness (QED) is 0.809. The second kappa shape index (κ2) is 6.76. The summed E-state index contributed by atoms with van der Waals surface area (Å²) in [5.41, 5.74) is 1.86. The Morgan fingerprint density at radius 3 is 2.33 bits per heavy atom. The molecule has 0 spiro atoms. The van der Waals surface area contributed by atoms with Crippen molar-refractivity contribution in [1.29, 1.82) is 0 Å². The number of carboxylic acids is 1. The van der Waals surface area contributed by atoms with Gasteiger partial charge in [-0.3, -0.25) is 4.79 Å². The zero-order chi connectivity index (χ0) is 13.5. The first-order valence-electron chi connectivity index (χ1n) is 5.68.